The van der Waals surface area contributed by atoms with Crippen molar-refractivity contribution >= 4 is 11.8 Å². The van der Waals surface area contributed by atoms with Gasteiger partial charge in [0.15, 0.2) is 0 Å². The molecular formula is C16H18N2O2. The van der Waals surface area contributed by atoms with Gasteiger partial charge in [0.25, 0.3) is 0 Å². The Hall–Kier alpha value is -1.94. The molecule has 104 valence electrons. The molecule has 1 aromatic carbocycles. The van der Waals surface area contributed by atoms with Crippen LogP contribution in [0, 0.1) is 11.8 Å². The van der Waals surface area contributed by atoms with Crippen molar-refractivity contribution in [3.8, 4) is 0 Å². The summed E-state index contributed by atoms with van der Waals surface area (Å²) in [6.45, 7) is 0.763. The molecule has 3 rings (SSSR count). The number of imide groups is 1. The highest BCUT2D eigenvalue weighted by Crippen LogP contribution is 2.35. The van der Waals surface area contributed by atoms with Gasteiger partial charge in [-0.1, -0.05) is 36.4 Å². The van der Waals surface area contributed by atoms with E-state index in [1.807, 2.05) is 36.4 Å². The van der Waals surface area contributed by atoms with Crippen molar-refractivity contribution in [1.29, 1.82) is 0 Å². The van der Waals surface area contributed by atoms with E-state index in [0.717, 1.165) is 11.1 Å². The first-order valence-corrected chi connectivity index (χ1v) is 6.99. The van der Waals surface area contributed by atoms with Gasteiger partial charge in [-0.3, -0.25) is 14.5 Å². The molecule has 0 bridgehead atoms. The van der Waals surface area contributed by atoms with Gasteiger partial charge in [0.2, 0.25) is 11.8 Å². The minimum absolute atomic E-state index is 0.0313. The van der Waals surface area contributed by atoms with Crippen LogP contribution in [0.15, 0.2) is 36.4 Å². The molecule has 1 fully saturated rings. The predicted molar refractivity (Wildman–Crippen MR) is 75.2 cm³/mol. The molecule has 0 aromatic heterocycles. The summed E-state index contributed by atoms with van der Waals surface area (Å²) in [5.74, 6) is -0.373. The molecule has 1 aliphatic heterocycles. The average Bonchev–Trinajstić information content (AvgIpc) is 2.73. The van der Waals surface area contributed by atoms with Crippen molar-refractivity contribution in [1.82, 2.24) is 4.90 Å². The zero-order valence-electron chi connectivity index (χ0n) is 11.3. The van der Waals surface area contributed by atoms with Gasteiger partial charge in [-0.25, -0.2) is 0 Å². The van der Waals surface area contributed by atoms with E-state index >= 15 is 0 Å². The lowest BCUT2D eigenvalue weighted by atomic mass is 9.85. The maximum Gasteiger partial charge on any atom is 0.233 e. The van der Waals surface area contributed by atoms with E-state index < -0.39 is 0 Å². The first kappa shape index (κ1) is 13.1. The number of hydrogen-bond donors (Lipinski definition) is 1. The smallest absolute Gasteiger partial charge is 0.233 e. The second-order valence-corrected chi connectivity index (χ2v) is 5.39. The monoisotopic (exact) mass is 270 g/mol. The van der Waals surface area contributed by atoms with E-state index in [4.69, 9.17) is 5.73 Å². The van der Waals surface area contributed by atoms with Crippen molar-refractivity contribution in [2.24, 2.45) is 17.6 Å². The normalized spacial score (nSPS) is 25.1. The first-order valence-electron chi connectivity index (χ1n) is 6.99. The number of carbonyl (C=O) groups is 2. The molecule has 4 heteroatoms. The molecule has 20 heavy (non-hydrogen) atoms. The van der Waals surface area contributed by atoms with Crippen molar-refractivity contribution in [3.63, 3.8) is 0 Å². The molecule has 1 aliphatic carbocycles. The van der Waals surface area contributed by atoms with Crippen LogP contribution >= 0.6 is 0 Å². The van der Waals surface area contributed by atoms with Crippen LogP contribution in [0.1, 0.15) is 24.0 Å². The fourth-order valence-electron chi connectivity index (χ4n) is 3.11. The van der Waals surface area contributed by atoms with Gasteiger partial charge in [0.1, 0.15) is 0 Å². The fourth-order valence-corrected chi connectivity index (χ4v) is 3.11. The highest BCUT2D eigenvalue weighted by Gasteiger charge is 2.47. The minimum atomic E-state index is -0.155. The Balaban J connectivity index is 1.85. The van der Waals surface area contributed by atoms with Gasteiger partial charge in [-0.05, 0) is 24.0 Å². The summed E-state index contributed by atoms with van der Waals surface area (Å²) < 4.78 is 0. The molecule has 1 saturated heterocycles. The number of likely N-dealkylation sites (tertiary alicyclic amines) is 1. The minimum Gasteiger partial charge on any atom is -0.326 e. The largest absolute Gasteiger partial charge is 0.326 e. The van der Waals surface area contributed by atoms with Crippen LogP contribution in [-0.4, -0.2) is 16.7 Å². The van der Waals surface area contributed by atoms with Crippen molar-refractivity contribution in [2.45, 2.75) is 25.9 Å². The second-order valence-electron chi connectivity index (χ2n) is 5.39. The summed E-state index contributed by atoms with van der Waals surface area (Å²) in [6.07, 6.45) is 5.38. The Labute approximate surface area is 118 Å². The molecule has 2 N–H and O–H groups in total. The van der Waals surface area contributed by atoms with Crippen molar-refractivity contribution in [3.05, 3.63) is 47.5 Å². The third-order valence-electron chi connectivity index (χ3n) is 4.27. The van der Waals surface area contributed by atoms with Gasteiger partial charge in [0, 0.05) is 6.54 Å². The number of nitrogens with two attached hydrogens (primary N) is 1. The summed E-state index contributed by atoms with van der Waals surface area (Å²) in [6, 6.07) is 7.70. The van der Waals surface area contributed by atoms with Gasteiger partial charge >= 0.3 is 0 Å². The molecule has 0 radical (unpaired) electrons. The van der Waals surface area contributed by atoms with Crippen LogP contribution in [0.2, 0.25) is 0 Å². The molecule has 0 saturated carbocycles. The van der Waals surface area contributed by atoms with Crippen molar-refractivity contribution in [2.75, 3.05) is 0 Å². The summed E-state index contributed by atoms with van der Waals surface area (Å²) in [5, 5.41) is 0. The van der Waals surface area contributed by atoms with Crippen LogP contribution in [0.25, 0.3) is 0 Å². The van der Waals surface area contributed by atoms with Crippen LogP contribution < -0.4 is 5.73 Å². The van der Waals surface area contributed by atoms with E-state index in [0.29, 0.717) is 25.9 Å². The Morgan fingerprint density at radius 3 is 2.10 bits per heavy atom. The summed E-state index contributed by atoms with van der Waals surface area (Å²) in [5.41, 5.74) is 7.66. The first-order chi connectivity index (χ1) is 9.72. The Morgan fingerprint density at radius 2 is 1.55 bits per heavy atom. The molecule has 2 amide bonds. The van der Waals surface area contributed by atoms with Crippen molar-refractivity contribution < 1.29 is 9.59 Å². The maximum absolute atomic E-state index is 12.4. The summed E-state index contributed by atoms with van der Waals surface area (Å²) in [4.78, 5) is 26.2. The molecule has 1 heterocycles. The lowest BCUT2D eigenvalue weighted by molar-refractivity contribution is -0.140. The van der Waals surface area contributed by atoms with Crippen LogP contribution in [0.3, 0.4) is 0 Å². The van der Waals surface area contributed by atoms with Gasteiger partial charge in [0.05, 0.1) is 18.4 Å². The van der Waals surface area contributed by atoms with E-state index in [9.17, 15) is 9.59 Å². The lowest BCUT2D eigenvalue weighted by Crippen LogP contribution is -2.31. The van der Waals surface area contributed by atoms with Gasteiger partial charge in [-0.2, -0.15) is 0 Å². The number of fused-ring (bicyclic) bond motifs is 1. The van der Waals surface area contributed by atoms with E-state index in [2.05, 4.69) is 0 Å². The van der Waals surface area contributed by atoms with Crippen LogP contribution in [0.4, 0.5) is 0 Å². The zero-order chi connectivity index (χ0) is 14.1. The highest BCUT2D eigenvalue weighted by atomic mass is 16.2. The van der Waals surface area contributed by atoms with Gasteiger partial charge < -0.3 is 5.73 Å². The number of benzene rings is 1. The molecule has 4 nitrogen and oxygen atoms in total. The standard InChI is InChI=1S/C16H18N2O2/c17-9-11-5-1-2-6-12(11)10-18-15(19)13-7-3-4-8-14(13)16(18)20/h1-6,13-14H,7-10,17H2/t13-,14+. The van der Waals surface area contributed by atoms with E-state index in [1.165, 1.54) is 4.90 Å². The summed E-state index contributed by atoms with van der Waals surface area (Å²) in [7, 11) is 0. The highest BCUT2D eigenvalue weighted by molar-refractivity contribution is 6.05. The second kappa shape index (κ2) is 5.21. The molecule has 2 aliphatic rings. The Kier molecular flexibility index (Phi) is 3.40. The fraction of sp³-hybridized carbons (Fsp3) is 0.375. The SMILES string of the molecule is NCc1ccccc1CN1C(=O)[C@H]2CC=CC[C@H]2C1=O. The lowest BCUT2D eigenvalue weighted by Gasteiger charge is -2.16. The Morgan fingerprint density at radius 1 is 1.00 bits per heavy atom. The van der Waals surface area contributed by atoms with E-state index in [1.54, 1.807) is 0 Å². The molecule has 0 unspecified atom stereocenters. The predicted octanol–water partition coefficient (Wildman–Crippen LogP) is 1.60. The number of allylic oxidation sites excluding steroid dienone is 2. The van der Waals surface area contributed by atoms with E-state index in [-0.39, 0.29) is 23.7 Å². The van der Waals surface area contributed by atoms with Crippen LogP contribution in [-0.2, 0) is 22.7 Å². The summed E-state index contributed by atoms with van der Waals surface area (Å²) >= 11 is 0. The zero-order valence-corrected chi connectivity index (χ0v) is 11.3. The third-order valence-corrected chi connectivity index (χ3v) is 4.27. The third kappa shape index (κ3) is 2.06. The number of carbonyl (C=O) groups excluding carboxylic acids is 2. The number of rotatable bonds is 3. The topological polar surface area (TPSA) is 63.4 Å². The Bertz CT molecular complexity index is 554. The number of nitrogens with zero attached hydrogens (tertiary/aromatic N) is 1. The molecule has 1 aromatic rings. The van der Waals surface area contributed by atoms with Crippen LogP contribution in [0.5, 0.6) is 0 Å². The molecule has 0 spiro atoms. The number of amides is 2. The number of hydrogen-bond acceptors (Lipinski definition) is 3. The van der Waals surface area contributed by atoms with Gasteiger partial charge in [-0.15, -0.1) is 0 Å². The molecular weight excluding hydrogens is 252 g/mol. The molecule has 2 atom stereocenters. The maximum atomic E-state index is 12.4. The average molecular weight is 270 g/mol. The quantitative estimate of drug-likeness (QED) is 0.670.